The molecule has 1 aromatic rings. The maximum Gasteiger partial charge on any atom is 0.338 e. The summed E-state index contributed by atoms with van der Waals surface area (Å²) in [6, 6.07) is 3.53. The van der Waals surface area contributed by atoms with Crippen LogP contribution in [0.4, 0.5) is 5.69 Å². The minimum atomic E-state index is -0.310. The number of nitrogen functional groups attached to an aromatic ring is 1. The second kappa shape index (κ2) is 3.47. The molecular weight excluding hydrogens is 166 g/mol. The Morgan fingerprint density at radius 2 is 1.77 bits per heavy atom. The van der Waals surface area contributed by atoms with E-state index in [0.29, 0.717) is 11.3 Å². The van der Waals surface area contributed by atoms with Crippen molar-refractivity contribution < 1.29 is 9.53 Å². The highest BCUT2D eigenvalue weighted by atomic mass is 16.5. The van der Waals surface area contributed by atoms with E-state index in [-0.39, 0.29) is 5.97 Å². The highest BCUT2D eigenvalue weighted by molar-refractivity contribution is 5.93. The van der Waals surface area contributed by atoms with Gasteiger partial charge in [0.05, 0.1) is 12.7 Å². The van der Waals surface area contributed by atoms with Gasteiger partial charge in [0, 0.05) is 5.69 Å². The van der Waals surface area contributed by atoms with Gasteiger partial charge in [-0.25, -0.2) is 4.79 Å². The number of benzene rings is 1. The number of carbonyl (C=O) groups excluding carboxylic acids is 1. The normalized spacial score (nSPS) is 9.77. The molecule has 0 radical (unpaired) electrons. The topological polar surface area (TPSA) is 52.3 Å². The second-order valence-electron chi connectivity index (χ2n) is 3.02. The van der Waals surface area contributed by atoms with E-state index < -0.39 is 0 Å². The number of ether oxygens (including phenoxy) is 1. The lowest BCUT2D eigenvalue weighted by Crippen LogP contribution is -2.07. The lowest BCUT2D eigenvalue weighted by atomic mass is 10.0. The minimum absolute atomic E-state index is 0.310. The van der Waals surface area contributed by atoms with E-state index in [4.69, 9.17) is 5.73 Å². The SMILES string of the molecule is COC(=O)c1c(C)cc(N)cc1C. The maximum absolute atomic E-state index is 11.3. The maximum atomic E-state index is 11.3. The Labute approximate surface area is 77.5 Å². The lowest BCUT2D eigenvalue weighted by Gasteiger charge is -2.08. The van der Waals surface area contributed by atoms with Gasteiger partial charge in [-0.15, -0.1) is 0 Å². The van der Waals surface area contributed by atoms with E-state index in [1.54, 1.807) is 12.1 Å². The van der Waals surface area contributed by atoms with Gasteiger partial charge in [0.1, 0.15) is 0 Å². The average Bonchev–Trinajstić information content (AvgIpc) is 2.02. The van der Waals surface area contributed by atoms with Gasteiger partial charge in [-0.05, 0) is 37.1 Å². The number of hydrogen-bond donors (Lipinski definition) is 1. The Kier molecular flexibility index (Phi) is 2.56. The largest absolute Gasteiger partial charge is 0.465 e. The number of hydrogen-bond acceptors (Lipinski definition) is 3. The van der Waals surface area contributed by atoms with E-state index in [9.17, 15) is 4.79 Å². The minimum Gasteiger partial charge on any atom is -0.465 e. The van der Waals surface area contributed by atoms with Crippen LogP contribution in [0, 0.1) is 13.8 Å². The first-order valence-corrected chi connectivity index (χ1v) is 4.01. The molecule has 0 spiro atoms. The van der Waals surface area contributed by atoms with Crippen LogP contribution in [0.25, 0.3) is 0 Å². The third-order valence-electron chi connectivity index (χ3n) is 1.94. The molecule has 0 atom stereocenters. The molecule has 0 saturated carbocycles. The molecule has 0 fully saturated rings. The Morgan fingerprint density at radius 1 is 1.31 bits per heavy atom. The van der Waals surface area contributed by atoms with Crippen LogP contribution in [-0.2, 0) is 4.74 Å². The van der Waals surface area contributed by atoms with Gasteiger partial charge in [0.25, 0.3) is 0 Å². The van der Waals surface area contributed by atoms with E-state index in [1.807, 2.05) is 13.8 Å². The summed E-state index contributed by atoms with van der Waals surface area (Å²) in [5.41, 5.74) is 8.60. The van der Waals surface area contributed by atoms with Gasteiger partial charge < -0.3 is 10.5 Å². The molecule has 0 amide bonds. The number of methoxy groups -OCH3 is 1. The molecule has 0 aliphatic heterocycles. The van der Waals surface area contributed by atoms with Crippen molar-refractivity contribution in [3.8, 4) is 0 Å². The zero-order valence-electron chi connectivity index (χ0n) is 8.05. The second-order valence-corrected chi connectivity index (χ2v) is 3.02. The third kappa shape index (κ3) is 1.80. The van der Waals surface area contributed by atoms with Gasteiger partial charge >= 0.3 is 5.97 Å². The summed E-state index contributed by atoms with van der Waals surface area (Å²) in [6.07, 6.45) is 0. The molecule has 0 aliphatic carbocycles. The standard InChI is InChI=1S/C10H13NO2/c1-6-4-8(11)5-7(2)9(6)10(12)13-3/h4-5H,11H2,1-3H3. The highest BCUT2D eigenvalue weighted by Crippen LogP contribution is 2.18. The van der Waals surface area contributed by atoms with E-state index in [1.165, 1.54) is 7.11 Å². The van der Waals surface area contributed by atoms with Crippen LogP contribution in [0.2, 0.25) is 0 Å². The van der Waals surface area contributed by atoms with Crippen LogP contribution >= 0.6 is 0 Å². The zero-order valence-corrected chi connectivity index (χ0v) is 8.05. The number of anilines is 1. The predicted octanol–water partition coefficient (Wildman–Crippen LogP) is 1.67. The summed E-state index contributed by atoms with van der Waals surface area (Å²) in [5.74, 6) is -0.310. The van der Waals surface area contributed by atoms with E-state index >= 15 is 0 Å². The summed E-state index contributed by atoms with van der Waals surface area (Å²) in [6.45, 7) is 3.69. The molecule has 70 valence electrons. The fourth-order valence-electron chi connectivity index (χ4n) is 1.42. The summed E-state index contributed by atoms with van der Waals surface area (Å²) in [7, 11) is 1.37. The van der Waals surface area contributed by atoms with Gasteiger partial charge in [-0.2, -0.15) is 0 Å². The number of aryl methyl sites for hydroxylation is 2. The van der Waals surface area contributed by atoms with Crippen molar-refractivity contribution in [2.75, 3.05) is 12.8 Å². The molecule has 0 heterocycles. The van der Waals surface area contributed by atoms with Crippen molar-refractivity contribution in [3.63, 3.8) is 0 Å². The van der Waals surface area contributed by atoms with Crippen LogP contribution in [0.3, 0.4) is 0 Å². The van der Waals surface area contributed by atoms with Crippen molar-refractivity contribution in [1.29, 1.82) is 0 Å². The van der Waals surface area contributed by atoms with Crippen LogP contribution in [-0.4, -0.2) is 13.1 Å². The molecule has 3 heteroatoms. The number of esters is 1. The number of carbonyl (C=O) groups is 1. The summed E-state index contributed by atoms with van der Waals surface area (Å²) < 4.78 is 4.66. The van der Waals surface area contributed by atoms with Gasteiger partial charge in [0.2, 0.25) is 0 Å². The quantitative estimate of drug-likeness (QED) is 0.527. The molecule has 1 rings (SSSR count). The molecule has 0 aromatic heterocycles. The highest BCUT2D eigenvalue weighted by Gasteiger charge is 2.12. The van der Waals surface area contributed by atoms with E-state index in [2.05, 4.69) is 4.74 Å². The molecule has 0 saturated heterocycles. The monoisotopic (exact) mass is 179 g/mol. The average molecular weight is 179 g/mol. The molecule has 1 aromatic carbocycles. The first kappa shape index (κ1) is 9.58. The Balaban J connectivity index is 3.28. The molecule has 0 unspecified atom stereocenters. The van der Waals surface area contributed by atoms with Crippen molar-refractivity contribution in [1.82, 2.24) is 0 Å². The molecule has 0 bridgehead atoms. The van der Waals surface area contributed by atoms with Crippen molar-refractivity contribution in [3.05, 3.63) is 28.8 Å². The van der Waals surface area contributed by atoms with Crippen molar-refractivity contribution >= 4 is 11.7 Å². The summed E-state index contributed by atoms with van der Waals surface area (Å²) in [5, 5.41) is 0. The molecular formula is C10H13NO2. The Hall–Kier alpha value is -1.51. The zero-order chi connectivity index (χ0) is 10.0. The van der Waals surface area contributed by atoms with Gasteiger partial charge in [0.15, 0.2) is 0 Å². The van der Waals surface area contributed by atoms with Crippen LogP contribution in [0.15, 0.2) is 12.1 Å². The fourth-order valence-corrected chi connectivity index (χ4v) is 1.42. The summed E-state index contributed by atoms with van der Waals surface area (Å²) >= 11 is 0. The fraction of sp³-hybridized carbons (Fsp3) is 0.300. The number of rotatable bonds is 1. The first-order chi connectivity index (χ1) is 6.06. The molecule has 0 aliphatic rings. The van der Waals surface area contributed by atoms with Crippen LogP contribution in [0.5, 0.6) is 0 Å². The molecule has 13 heavy (non-hydrogen) atoms. The Bertz CT molecular complexity index is 322. The lowest BCUT2D eigenvalue weighted by molar-refractivity contribution is 0.0599. The Morgan fingerprint density at radius 3 is 2.15 bits per heavy atom. The van der Waals surface area contributed by atoms with Crippen molar-refractivity contribution in [2.45, 2.75) is 13.8 Å². The predicted molar refractivity (Wildman–Crippen MR) is 51.7 cm³/mol. The van der Waals surface area contributed by atoms with Gasteiger partial charge in [-0.1, -0.05) is 0 Å². The third-order valence-corrected chi connectivity index (χ3v) is 1.94. The molecule has 2 N–H and O–H groups in total. The summed E-state index contributed by atoms with van der Waals surface area (Å²) in [4.78, 5) is 11.3. The first-order valence-electron chi connectivity index (χ1n) is 4.01. The van der Waals surface area contributed by atoms with Gasteiger partial charge in [-0.3, -0.25) is 0 Å². The van der Waals surface area contributed by atoms with E-state index in [0.717, 1.165) is 11.1 Å². The van der Waals surface area contributed by atoms with Crippen molar-refractivity contribution in [2.24, 2.45) is 0 Å². The van der Waals surface area contributed by atoms with Crippen LogP contribution in [0.1, 0.15) is 21.5 Å². The smallest absolute Gasteiger partial charge is 0.338 e. The number of nitrogens with two attached hydrogens (primary N) is 1. The van der Waals surface area contributed by atoms with Crippen LogP contribution < -0.4 is 5.73 Å². The molecule has 3 nitrogen and oxygen atoms in total.